The molecule has 2 heterocycles. The zero-order valence-electron chi connectivity index (χ0n) is 18.0. The summed E-state index contributed by atoms with van der Waals surface area (Å²) in [6.07, 6.45) is 8.08. The molecule has 1 aromatic rings. The van der Waals surface area contributed by atoms with Gasteiger partial charge in [0.1, 0.15) is 18.5 Å². The van der Waals surface area contributed by atoms with E-state index in [-0.39, 0.29) is 0 Å². The highest BCUT2D eigenvalue weighted by Gasteiger charge is 2.54. The van der Waals surface area contributed by atoms with Crippen molar-refractivity contribution < 1.29 is 9.84 Å². The molecule has 1 N–H and O–H groups in total. The van der Waals surface area contributed by atoms with E-state index in [1.165, 1.54) is 58.2 Å². The third-order valence-corrected chi connectivity index (χ3v) is 8.18. The van der Waals surface area contributed by atoms with E-state index >= 15 is 0 Å². The molecule has 0 radical (unpaired) electrons. The SMILES string of the molecule is N#Cc1ccc(OC[C@@H](O)CN2C[C@@H]3CN(CC4CC4)C[C@@H](C2)C32CCCC2)cc1. The fourth-order valence-electron chi connectivity index (χ4n) is 6.55. The van der Waals surface area contributed by atoms with Gasteiger partial charge in [-0.1, -0.05) is 12.8 Å². The van der Waals surface area contributed by atoms with Crippen LogP contribution in [-0.4, -0.2) is 66.9 Å². The second kappa shape index (κ2) is 8.49. The van der Waals surface area contributed by atoms with Crippen LogP contribution in [-0.2, 0) is 0 Å². The Hall–Kier alpha value is -1.61. The first-order chi connectivity index (χ1) is 14.6. The van der Waals surface area contributed by atoms with Crippen LogP contribution in [0.25, 0.3) is 0 Å². The first-order valence-electron chi connectivity index (χ1n) is 11.9. The number of rotatable bonds is 7. The molecule has 162 valence electrons. The average Bonchev–Trinajstić information content (AvgIpc) is 3.42. The molecule has 2 saturated heterocycles. The summed E-state index contributed by atoms with van der Waals surface area (Å²) >= 11 is 0. The van der Waals surface area contributed by atoms with Gasteiger partial charge in [-0.15, -0.1) is 0 Å². The molecular weight excluding hydrogens is 374 g/mol. The molecule has 0 unspecified atom stereocenters. The van der Waals surface area contributed by atoms with Crippen LogP contribution in [0.3, 0.4) is 0 Å². The summed E-state index contributed by atoms with van der Waals surface area (Å²) in [6, 6.07) is 9.22. The maximum Gasteiger partial charge on any atom is 0.119 e. The van der Waals surface area contributed by atoms with Gasteiger partial charge in [0.05, 0.1) is 11.6 Å². The van der Waals surface area contributed by atoms with Gasteiger partial charge >= 0.3 is 0 Å². The van der Waals surface area contributed by atoms with E-state index in [4.69, 9.17) is 10.00 Å². The third kappa shape index (κ3) is 4.23. The minimum Gasteiger partial charge on any atom is -0.491 e. The molecule has 0 aromatic heterocycles. The third-order valence-electron chi connectivity index (χ3n) is 8.18. The smallest absolute Gasteiger partial charge is 0.119 e. The zero-order chi connectivity index (χ0) is 20.6. The fourth-order valence-corrected chi connectivity index (χ4v) is 6.55. The number of β-amino-alcohol motifs (C(OH)–C–C–N with tert-alkyl or cyclic N) is 1. The van der Waals surface area contributed by atoms with Crippen molar-refractivity contribution in [2.24, 2.45) is 23.2 Å². The zero-order valence-corrected chi connectivity index (χ0v) is 18.0. The highest BCUT2D eigenvalue weighted by atomic mass is 16.5. The van der Waals surface area contributed by atoms with Crippen LogP contribution in [0.5, 0.6) is 5.75 Å². The van der Waals surface area contributed by atoms with Crippen LogP contribution < -0.4 is 4.74 Å². The lowest BCUT2D eigenvalue weighted by Gasteiger charge is -2.58. The summed E-state index contributed by atoms with van der Waals surface area (Å²) in [6.45, 7) is 7.11. The van der Waals surface area contributed by atoms with E-state index in [9.17, 15) is 5.11 Å². The quantitative estimate of drug-likeness (QED) is 0.750. The minimum atomic E-state index is -0.485. The van der Waals surface area contributed by atoms with Gasteiger partial charge in [-0.05, 0) is 73.1 Å². The first kappa shape index (κ1) is 20.3. The molecule has 0 amide bonds. The molecule has 5 nitrogen and oxygen atoms in total. The van der Waals surface area contributed by atoms with Crippen molar-refractivity contribution in [3.63, 3.8) is 0 Å². The van der Waals surface area contributed by atoms with Crippen molar-refractivity contribution in [3.05, 3.63) is 29.8 Å². The van der Waals surface area contributed by atoms with Crippen LogP contribution in [0.4, 0.5) is 0 Å². The molecule has 2 saturated carbocycles. The molecule has 5 rings (SSSR count). The topological polar surface area (TPSA) is 59.7 Å². The van der Waals surface area contributed by atoms with Crippen LogP contribution in [0.15, 0.2) is 24.3 Å². The van der Waals surface area contributed by atoms with Gasteiger partial charge < -0.3 is 14.7 Å². The van der Waals surface area contributed by atoms with Gasteiger partial charge in [-0.25, -0.2) is 0 Å². The van der Waals surface area contributed by atoms with Gasteiger partial charge in [0.2, 0.25) is 0 Å². The molecule has 1 spiro atoms. The Morgan fingerprint density at radius 2 is 1.67 bits per heavy atom. The predicted molar refractivity (Wildman–Crippen MR) is 116 cm³/mol. The summed E-state index contributed by atoms with van der Waals surface area (Å²) in [5.74, 6) is 3.21. The number of nitriles is 1. The number of nitrogens with zero attached hydrogens (tertiary/aromatic N) is 3. The van der Waals surface area contributed by atoms with Crippen molar-refractivity contribution in [1.82, 2.24) is 9.80 Å². The van der Waals surface area contributed by atoms with E-state index in [1.54, 1.807) is 24.3 Å². The van der Waals surface area contributed by atoms with E-state index in [1.807, 2.05) is 0 Å². The molecule has 4 fully saturated rings. The number of hydrogen-bond acceptors (Lipinski definition) is 5. The first-order valence-corrected chi connectivity index (χ1v) is 11.9. The van der Waals surface area contributed by atoms with Gasteiger partial charge in [0.15, 0.2) is 0 Å². The predicted octanol–water partition coefficient (Wildman–Crippen LogP) is 3.13. The molecule has 30 heavy (non-hydrogen) atoms. The number of aliphatic hydroxyl groups is 1. The van der Waals surface area contributed by atoms with Gasteiger partial charge in [-0.3, -0.25) is 4.90 Å². The number of benzene rings is 1. The number of likely N-dealkylation sites (tertiary alicyclic amines) is 2. The average molecular weight is 410 g/mol. The number of aliphatic hydroxyl groups excluding tert-OH is 1. The lowest BCUT2D eigenvalue weighted by Crippen LogP contribution is -2.63. The van der Waals surface area contributed by atoms with Gasteiger partial charge in [-0.2, -0.15) is 5.26 Å². The summed E-state index contributed by atoms with van der Waals surface area (Å²) < 4.78 is 5.77. The Morgan fingerprint density at radius 3 is 2.27 bits per heavy atom. The molecule has 3 atom stereocenters. The van der Waals surface area contributed by atoms with Gasteiger partial charge in [0.25, 0.3) is 0 Å². The largest absolute Gasteiger partial charge is 0.491 e. The lowest BCUT2D eigenvalue weighted by molar-refractivity contribution is -0.0976. The Balaban J connectivity index is 1.16. The molecule has 2 bridgehead atoms. The summed E-state index contributed by atoms with van der Waals surface area (Å²) in [5, 5.41) is 19.5. The van der Waals surface area contributed by atoms with E-state index in [2.05, 4.69) is 15.9 Å². The van der Waals surface area contributed by atoms with Crippen LogP contribution in [0.1, 0.15) is 44.1 Å². The molecule has 4 aliphatic rings. The molecule has 2 aliphatic heterocycles. The highest BCUT2D eigenvalue weighted by molar-refractivity contribution is 5.34. The summed E-state index contributed by atoms with van der Waals surface area (Å²) in [7, 11) is 0. The summed E-state index contributed by atoms with van der Waals surface area (Å²) in [5.41, 5.74) is 1.21. The second-order valence-corrected chi connectivity index (χ2v) is 10.3. The highest BCUT2D eigenvalue weighted by Crippen LogP contribution is 2.55. The molecule has 1 aromatic carbocycles. The maximum absolute atomic E-state index is 10.6. The fraction of sp³-hybridized carbons (Fsp3) is 0.720. The Kier molecular flexibility index (Phi) is 5.75. The number of hydrogen-bond donors (Lipinski definition) is 1. The number of ether oxygens (including phenoxy) is 1. The monoisotopic (exact) mass is 409 g/mol. The second-order valence-electron chi connectivity index (χ2n) is 10.3. The molecule has 2 aliphatic carbocycles. The summed E-state index contributed by atoms with van der Waals surface area (Å²) in [4.78, 5) is 5.29. The van der Waals surface area contributed by atoms with Crippen molar-refractivity contribution in [2.75, 3.05) is 45.9 Å². The Labute approximate surface area is 180 Å². The Bertz CT molecular complexity index is 746. The molecule has 5 heteroatoms. The van der Waals surface area contributed by atoms with Crippen LogP contribution >= 0.6 is 0 Å². The van der Waals surface area contributed by atoms with Gasteiger partial charge in [0, 0.05) is 39.3 Å². The van der Waals surface area contributed by atoms with E-state index in [0.717, 1.165) is 30.8 Å². The van der Waals surface area contributed by atoms with Crippen molar-refractivity contribution >= 4 is 0 Å². The normalized spacial score (nSPS) is 29.6. The van der Waals surface area contributed by atoms with Crippen molar-refractivity contribution in [1.29, 1.82) is 5.26 Å². The van der Waals surface area contributed by atoms with Crippen LogP contribution in [0, 0.1) is 34.5 Å². The van der Waals surface area contributed by atoms with Crippen LogP contribution in [0.2, 0.25) is 0 Å². The maximum atomic E-state index is 10.6. The number of piperidine rings is 2. The lowest BCUT2D eigenvalue weighted by atomic mass is 9.60. The Morgan fingerprint density at radius 1 is 1.03 bits per heavy atom. The van der Waals surface area contributed by atoms with Crippen molar-refractivity contribution in [2.45, 2.75) is 44.6 Å². The van der Waals surface area contributed by atoms with Crippen molar-refractivity contribution in [3.8, 4) is 11.8 Å². The van der Waals surface area contributed by atoms with E-state index < -0.39 is 6.10 Å². The minimum absolute atomic E-state index is 0.302. The standard InChI is InChI=1S/C25H35N3O2/c26-11-19-5-7-24(8-6-19)30-18-23(29)17-28-15-21-13-27(12-20-3-4-20)14-22(16-28)25(21)9-1-2-10-25/h5-8,20-23,29H,1-4,9-10,12-18H2/t21-,22-,23-/m0/s1. The molecular formula is C25H35N3O2. The van der Waals surface area contributed by atoms with E-state index in [0.29, 0.717) is 29.9 Å².